The number of carbonyl (C=O) groups excluding carboxylic acids is 2. The minimum atomic E-state index is -0.257. The van der Waals surface area contributed by atoms with Crippen molar-refractivity contribution in [2.75, 3.05) is 30.8 Å². The van der Waals surface area contributed by atoms with Gasteiger partial charge in [0.2, 0.25) is 11.8 Å². The van der Waals surface area contributed by atoms with E-state index in [-0.39, 0.29) is 24.9 Å². The molecule has 5 nitrogen and oxygen atoms in total. The van der Waals surface area contributed by atoms with Gasteiger partial charge in [-0.25, -0.2) is 0 Å². The van der Waals surface area contributed by atoms with Crippen LogP contribution in [0.2, 0.25) is 10.0 Å². The van der Waals surface area contributed by atoms with Crippen LogP contribution in [0.3, 0.4) is 0 Å². The second-order valence-electron chi connectivity index (χ2n) is 5.94. The number of halogens is 2. The molecule has 7 heteroatoms. The number of para-hydroxylation sites is 1. The Labute approximate surface area is 163 Å². The summed E-state index contributed by atoms with van der Waals surface area (Å²) in [5.74, 6) is -0.431. The predicted octanol–water partition coefficient (Wildman–Crippen LogP) is 4.06. The van der Waals surface area contributed by atoms with Gasteiger partial charge in [0.1, 0.15) is 0 Å². The van der Waals surface area contributed by atoms with Crippen molar-refractivity contribution in [3.63, 3.8) is 0 Å². The molecule has 0 aliphatic carbocycles. The number of benzene rings is 2. The minimum absolute atomic E-state index is 0.0625. The van der Waals surface area contributed by atoms with Crippen molar-refractivity contribution in [1.29, 1.82) is 0 Å². The topological polar surface area (TPSA) is 61.4 Å². The highest BCUT2D eigenvalue weighted by Crippen LogP contribution is 2.22. The molecule has 0 saturated carbocycles. The first kappa shape index (κ1) is 20.2. The largest absolute Gasteiger partial charge is 0.325 e. The van der Waals surface area contributed by atoms with Crippen LogP contribution in [0.25, 0.3) is 0 Å². The SMILES string of the molecule is CCc1ccccc1NC(=O)CN(C)CC(=O)Nc1cc(Cl)cc(Cl)c1. The molecule has 0 unspecified atom stereocenters. The fourth-order valence-electron chi connectivity index (χ4n) is 2.51. The molecule has 0 bridgehead atoms. The third-order valence-electron chi connectivity index (χ3n) is 3.65. The third kappa shape index (κ3) is 6.33. The van der Waals surface area contributed by atoms with E-state index in [2.05, 4.69) is 10.6 Å². The van der Waals surface area contributed by atoms with Crippen molar-refractivity contribution in [1.82, 2.24) is 4.90 Å². The van der Waals surface area contributed by atoms with Crippen molar-refractivity contribution in [3.05, 3.63) is 58.1 Å². The molecule has 0 heterocycles. The number of aryl methyl sites for hydroxylation is 1. The molecule has 2 N–H and O–H groups in total. The van der Waals surface area contributed by atoms with Gasteiger partial charge in [0, 0.05) is 21.4 Å². The van der Waals surface area contributed by atoms with Gasteiger partial charge in [0.05, 0.1) is 13.1 Å². The van der Waals surface area contributed by atoms with Crippen molar-refractivity contribution in [3.8, 4) is 0 Å². The monoisotopic (exact) mass is 393 g/mol. The molecule has 2 rings (SSSR count). The van der Waals surface area contributed by atoms with Crippen molar-refractivity contribution < 1.29 is 9.59 Å². The van der Waals surface area contributed by atoms with E-state index in [1.807, 2.05) is 31.2 Å². The van der Waals surface area contributed by atoms with Gasteiger partial charge in [-0.3, -0.25) is 14.5 Å². The van der Waals surface area contributed by atoms with Gasteiger partial charge in [-0.05, 0) is 43.3 Å². The molecule has 26 heavy (non-hydrogen) atoms. The van der Waals surface area contributed by atoms with Crippen LogP contribution in [-0.2, 0) is 16.0 Å². The standard InChI is InChI=1S/C19H21Cl2N3O2/c1-3-13-6-4-5-7-17(13)23-19(26)12-24(2)11-18(25)22-16-9-14(20)8-15(21)10-16/h4-10H,3,11-12H2,1-2H3,(H,22,25)(H,23,26). The maximum atomic E-state index is 12.2. The van der Waals surface area contributed by atoms with Crippen LogP contribution in [0, 0.1) is 0 Å². The highest BCUT2D eigenvalue weighted by atomic mass is 35.5. The molecule has 0 saturated heterocycles. The summed E-state index contributed by atoms with van der Waals surface area (Å²) >= 11 is 11.8. The fourth-order valence-corrected chi connectivity index (χ4v) is 3.04. The third-order valence-corrected chi connectivity index (χ3v) is 4.08. The molecule has 0 radical (unpaired) electrons. The lowest BCUT2D eigenvalue weighted by Crippen LogP contribution is -2.36. The number of amides is 2. The molecule has 2 aromatic rings. The molecule has 138 valence electrons. The zero-order valence-electron chi connectivity index (χ0n) is 14.7. The van der Waals surface area contributed by atoms with Crippen molar-refractivity contribution >= 4 is 46.4 Å². The Bertz CT molecular complexity index is 776. The number of nitrogens with zero attached hydrogens (tertiary/aromatic N) is 1. The summed E-state index contributed by atoms with van der Waals surface area (Å²) in [5.41, 5.74) is 2.38. The summed E-state index contributed by atoms with van der Waals surface area (Å²) in [4.78, 5) is 25.9. The minimum Gasteiger partial charge on any atom is -0.325 e. The molecule has 0 aliphatic heterocycles. The highest BCUT2D eigenvalue weighted by Gasteiger charge is 2.12. The molecule has 0 aliphatic rings. The Morgan fingerprint density at radius 3 is 2.15 bits per heavy atom. The maximum absolute atomic E-state index is 12.2. The van der Waals surface area contributed by atoms with Crippen LogP contribution in [0.15, 0.2) is 42.5 Å². The van der Waals surface area contributed by atoms with Gasteiger partial charge < -0.3 is 10.6 Å². The molecular formula is C19H21Cl2N3O2. The van der Waals surface area contributed by atoms with E-state index in [4.69, 9.17) is 23.2 Å². The zero-order chi connectivity index (χ0) is 19.1. The van der Waals surface area contributed by atoms with Gasteiger partial charge >= 0.3 is 0 Å². The number of likely N-dealkylation sites (N-methyl/N-ethyl adjacent to an activating group) is 1. The van der Waals surface area contributed by atoms with Crippen molar-refractivity contribution in [2.45, 2.75) is 13.3 Å². The van der Waals surface area contributed by atoms with E-state index in [9.17, 15) is 9.59 Å². The Balaban J connectivity index is 1.86. The predicted molar refractivity (Wildman–Crippen MR) is 107 cm³/mol. The second kappa shape index (κ2) is 9.57. The molecule has 0 aromatic heterocycles. The van der Waals surface area contributed by atoms with Gasteiger partial charge in [-0.1, -0.05) is 48.3 Å². The Morgan fingerprint density at radius 1 is 0.962 bits per heavy atom. The first-order valence-corrected chi connectivity index (χ1v) is 8.95. The van der Waals surface area contributed by atoms with Crippen LogP contribution < -0.4 is 10.6 Å². The number of hydrogen-bond acceptors (Lipinski definition) is 3. The zero-order valence-corrected chi connectivity index (χ0v) is 16.2. The summed E-state index contributed by atoms with van der Waals surface area (Å²) in [6, 6.07) is 12.5. The Hall–Kier alpha value is -2.08. The number of rotatable bonds is 7. The summed E-state index contributed by atoms with van der Waals surface area (Å²) < 4.78 is 0. The van der Waals surface area contributed by atoms with Crippen LogP contribution in [0.4, 0.5) is 11.4 Å². The van der Waals surface area contributed by atoms with Crippen LogP contribution in [0.1, 0.15) is 12.5 Å². The first-order chi connectivity index (χ1) is 12.4. The van der Waals surface area contributed by atoms with Crippen LogP contribution in [0.5, 0.6) is 0 Å². The molecular weight excluding hydrogens is 373 g/mol. The number of nitrogens with one attached hydrogen (secondary N) is 2. The smallest absolute Gasteiger partial charge is 0.238 e. The molecule has 2 amide bonds. The summed E-state index contributed by atoms with van der Waals surface area (Å²) in [5, 5.41) is 6.48. The van der Waals surface area contributed by atoms with Gasteiger partial charge in [-0.2, -0.15) is 0 Å². The average Bonchev–Trinajstić information content (AvgIpc) is 2.53. The normalized spacial score (nSPS) is 10.7. The summed E-state index contributed by atoms with van der Waals surface area (Å²) in [6.45, 7) is 2.19. The quantitative estimate of drug-likeness (QED) is 0.745. The van der Waals surface area contributed by atoms with E-state index in [0.717, 1.165) is 17.7 Å². The Kier molecular flexibility index (Phi) is 7.45. The lowest BCUT2D eigenvalue weighted by molar-refractivity contribution is -0.119. The fraction of sp³-hybridized carbons (Fsp3) is 0.263. The first-order valence-electron chi connectivity index (χ1n) is 8.19. The number of hydrogen-bond donors (Lipinski definition) is 2. The van der Waals surface area contributed by atoms with Crippen molar-refractivity contribution in [2.24, 2.45) is 0 Å². The maximum Gasteiger partial charge on any atom is 0.238 e. The van der Waals surface area contributed by atoms with Crippen LogP contribution >= 0.6 is 23.2 Å². The van der Waals surface area contributed by atoms with Gasteiger partial charge in [0.15, 0.2) is 0 Å². The Morgan fingerprint density at radius 2 is 1.54 bits per heavy atom. The van der Waals surface area contributed by atoms with E-state index >= 15 is 0 Å². The number of carbonyl (C=O) groups is 2. The summed E-state index contributed by atoms with van der Waals surface area (Å²) in [7, 11) is 1.70. The average molecular weight is 394 g/mol. The van der Waals surface area contributed by atoms with E-state index in [1.165, 1.54) is 0 Å². The van der Waals surface area contributed by atoms with E-state index < -0.39 is 0 Å². The highest BCUT2D eigenvalue weighted by molar-refractivity contribution is 6.35. The molecule has 0 spiro atoms. The lowest BCUT2D eigenvalue weighted by atomic mass is 10.1. The molecule has 0 fully saturated rings. The van der Waals surface area contributed by atoms with E-state index in [1.54, 1.807) is 30.1 Å². The summed E-state index contributed by atoms with van der Waals surface area (Å²) in [6.07, 6.45) is 0.830. The number of anilines is 2. The van der Waals surface area contributed by atoms with Crippen LogP contribution in [-0.4, -0.2) is 36.9 Å². The molecule has 0 atom stereocenters. The lowest BCUT2D eigenvalue weighted by Gasteiger charge is -2.17. The second-order valence-corrected chi connectivity index (χ2v) is 6.81. The molecule has 2 aromatic carbocycles. The van der Waals surface area contributed by atoms with Gasteiger partial charge in [-0.15, -0.1) is 0 Å². The van der Waals surface area contributed by atoms with Gasteiger partial charge in [0.25, 0.3) is 0 Å². The van der Waals surface area contributed by atoms with E-state index in [0.29, 0.717) is 15.7 Å².